The standard InChI is InChI=1S/C16H15NO/c1-12(18)15-8-4-5-9-16(15)17-10-13-6-2-3-7-14(13)11-17/h2-9H,10-11H2,1H3. The van der Waals surface area contributed by atoms with Gasteiger partial charge in [-0.1, -0.05) is 36.4 Å². The molecule has 0 radical (unpaired) electrons. The second-order valence-electron chi connectivity index (χ2n) is 4.70. The lowest BCUT2D eigenvalue weighted by atomic mass is 10.1. The average molecular weight is 237 g/mol. The lowest BCUT2D eigenvalue weighted by molar-refractivity contribution is 0.101. The molecule has 0 aliphatic carbocycles. The van der Waals surface area contributed by atoms with Crippen LogP contribution in [0.4, 0.5) is 5.69 Å². The number of anilines is 1. The third-order valence-corrected chi connectivity index (χ3v) is 3.46. The molecule has 0 saturated heterocycles. The Labute approximate surface area is 107 Å². The van der Waals surface area contributed by atoms with Crippen molar-refractivity contribution in [1.82, 2.24) is 0 Å². The fraction of sp³-hybridized carbons (Fsp3) is 0.188. The Morgan fingerprint density at radius 2 is 1.50 bits per heavy atom. The molecule has 90 valence electrons. The molecule has 2 aromatic carbocycles. The van der Waals surface area contributed by atoms with E-state index in [-0.39, 0.29) is 5.78 Å². The van der Waals surface area contributed by atoms with Gasteiger partial charge in [-0.05, 0) is 30.2 Å². The fourth-order valence-corrected chi connectivity index (χ4v) is 2.55. The number of para-hydroxylation sites is 1. The van der Waals surface area contributed by atoms with Gasteiger partial charge in [0.25, 0.3) is 0 Å². The summed E-state index contributed by atoms with van der Waals surface area (Å²) in [4.78, 5) is 13.9. The van der Waals surface area contributed by atoms with Gasteiger partial charge in [0.1, 0.15) is 0 Å². The molecule has 2 heteroatoms. The van der Waals surface area contributed by atoms with Crippen LogP contribution in [0.2, 0.25) is 0 Å². The number of Topliss-reactive ketones (excluding diaryl/α,β-unsaturated/α-hetero) is 1. The molecule has 0 unspecified atom stereocenters. The van der Waals surface area contributed by atoms with Crippen molar-refractivity contribution in [2.45, 2.75) is 20.0 Å². The average Bonchev–Trinajstić information content (AvgIpc) is 2.82. The van der Waals surface area contributed by atoms with Crippen LogP contribution in [0.25, 0.3) is 0 Å². The third kappa shape index (κ3) is 1.80. The molecule has 1 aliphatic rings. The van der Waals surface area contributed by atoms with Crippen molar-refractivity contribution in [3.05, 3.63) is 65.2 Å². The summed E-state index contributed by atoms with van der Waals surface area (Å²) in [6, 6.07) is 16.3. The topological polar surface area (TPSA) is 20.3 Å². The summed E-state index contributed by atoms with van der Waals surface area (Å²) in [6.45, 7) is 3.41. The Hall–Kier alpha value is -2.09. The summed E-state index contributed by atoms with van der Waals surface area (Å²) in [5, 5.41) is 0. The van der Waals surface area contributed by atoms with Crippen LogP contribution in [0.3, 0.4) is 0 Å². The van der Waals surface area contributed by atoms with Crippen molar-refractivity contribution < 1.29 is 4.79 Å². The second-order valence-corrected chi connectivity index (χ2v) is 4.70. The van der Waals surface area contributed by atoms with Crippen LogP contribution in [-0.2, 0) is 13.1 Å². The molecule has 0 spiro atoms. The normalized spacial score (nSPS) is 13.5. The van der Waals surface area contributed by atoms with Crippen molar-refractivity contribution in [2.75, 3.05) is 4.90 Å². The number of nitrogens with zero attached hydrogens (tertiary/aromatic N) is 1. The van der Waals surface area contributed by atoms with Gasteiger partial charge in [0, 0.05) is 24.3 Å². The number of ketones is 1. The van der Waals surface area contributed by atoms with E-state index in [4.69, 9.17) is 0 Å². The quantitative estimate of drug-likeness (QED) is 0.746. The highest BCUT2D eigenvalue weighted by atomic mass is 16.1. The monoisotopic (exact) mass is 237 g/mol. The van der Waals surface area contributed by atoms with Gasteiger partial charge in [-0.25, -0.2) is 0 Å². The Balaban J connectivity index is 1.98. The Morgan fingerprint density at radius 3 is 2.11 bits per heavy atom. The van der Waals surface area contributed by atoms with Crippen molar-refractivity contribution >= 4 is 11.5 Å². The van der Waals surface area contributed by atoms with Crippen molar-refractivity contribution in [2.24, 2.45) is 0 Å². The van der Waals surface area contributed by atoms with E-state index >= 15 is 0 Å². The van der Waals surface area contributed by atoms with Gasteiger partial charge in [-0.3, -0.25) is 4.79 Å². The first-order valence-corrected chi connectivity index (χ1v) is 6.17. The van der Waals surface area contributed by atoms with Crippen molar-refractivity contribution in [1.29, 1.82) is 0 Å². The van der Waals surface area contributed by atoms with Gasteiger partial charge in [-0.2, -0.15) is 0 Å². The van der Waals surface area contributed by atoms with Gasteiger partial charge in [-0.15, -0.1) is 0 Å². The summed E-state index contributed by atoms with van der Waals surface area (Å²) in [5.74, 6) is 0.126. The molecule has 0 amide bonds. The van der Waals surface area contributed by atoms with Gasteiger partial charge < -0.3 is 4.90 Å². The van der Waals surface area contributed by atoms with Crippen molar-refractivity contribution in [3.8, 4) is 0 Å². The molecule has 0 aromatic heterocycles. The number of benzene rings is 2. The molecule has 1 aliphatic heterocycles. The first-order valence-electron chi connectivity index (χ1n) is 6.17. The van der Waals surface area contributed by atoms with Crippen LogP contribution < -0.4 is 4.90 Å². The largest absolute Gasteiger partial charge is 0.362 e. The molecule has 18 heavy (non-hydrogen) atoms. The van der Waals surface area contributed by atoms with Gasteiger partial charge in [0.15, 0.2) is 5.78 Å². The maximum absolute atomic E-state index is 11.7. The highest BCUT2D eigenvalue weighted by molar-refractivity contribution is 5.99. The maximum Gasteiger partial charge on any atom is 0.161 e. The zero-order valence-electron chi connectivity index (χ0n) is 10.4. The van der Waals surface area contributed by atoms with Crippen LogP contribution in [-0.4, -0.2) is 5.78 Å². The van der Waals surface area contributed by atoms with E-state index in [2.05, 4.69) is 29.2 Å². The first-order chi connectivity index (χ1) is 8.75. The van der Waals surface area contributed by atoms with E-state index in [9.17, 15) is 4.79 Å². The zero-order valence-corrected chi connectivity index (χ0v) is 10.4. The Bertz CT molecular complexity index is 579. The van der Waals surface area contributed by atoms with Crippen molar-refractivity contribution in [3.63, 3.8) is 0 Å². The van der Waals surface area contributed by atoms with Gasteiger partial charge in [0.05, 0.1) is 0 Å². The van der Waals surface area contributed by atoms with Crippen LogP contribution in [0.15, 0.2) is 48.5 Å². The minimum atomic E-state index is 0.126. The summed E-state index contributed by atoms with van der Waals surface area (Å²) < 4.78 is 0. The Kier molecular flexibility index (Phi) is 2.63. The van der Waals surface area contributed by atoms with E-state index in [1.165, 1.54) is 11.1 Å². The molecular weight excluding hydrogens is 222 g/mol. The smallest absolute Gasteiger partial charge is 0.161 e. The minimum absolute atomic E-state index is 0.126. The van der Waals surface area contributed by atoms with Crippen LogP contribution in [0.5, 0.6) is 0 Å². The number of hydrogen-bond donors (Lipinski definition) is 0. The van der Waals surface area contributed by atoms with Gasteiger partial charge in [0.2, 0.25) is 0 Å². The number of carbonyl (C=O) groups excluding carboxylic acids is 1. The summed E-state index contributed by atoms with van der Waals surface area (Å²) >= 11 is 0. The number of hydrogen-bond acceptors (Lipinski definition) is 2. The van der Waals surface area contributed by atoms with Gasteiger partial charge >= 0.3 is 0 Å². The van der Waals surface area contributed by atoms with E-state index in [0.29, 0.717) is 0 Å². The third-order valence-electron chi connectivity index (χ3n) is 3.46. The second kappa shape index (κ2) is 4.30. The minimum Gasteiger partial charge on any atom is -0.362 e. The molecule has 0 atom stereocenters. The van der Waals surface area contributed by atoms with E-state index in [1.807, 2.05) is 24.3 Å². The first kappa shape index (κ1) is 11.0. The molecule has 2 nitrogen and oxygen atoms in total. The number of carbonyl (C=O) groups is 1. The SMILES string of the molecule is CC(=O)c1ccccc1N1Cc2ccccc2C1. The summed E-state index contributed by atoms with van der Waals surface area (Å²) in [6.07, 6.45) is 0. The van der Waals surface area contributed by atoms with E-state index in [1.54, 1.807) is 6.92 Å². The molecule has 1 heterocycles. The van der Waals surface area contributed by atoms with E-state index in [0.717, 1.165) is 24.3 Å². The molecule has 0 N–H and O–H groups in total. The highest BCUT2D eigenvalue weighted by Crippen LogP contribution is 2.30. The van der Waals surface area contributed by atoms with Crippen LogP contribution in [0.1, 0.15) is 28.4 Å². The fourth-order valence-electron chi connectivity index (χ4n) is 2.55. The molecule has 0 bridgehead atoms. The predicted molar refractivity (Wildman–Crippen MR) is 72.8 cm³/mol. The maximum atomic E-state index is 11.7. The van der Waals surface area contributed by atoms with E-state index < -0.39 is 0 Å². The highest BCUT2D eigenvalue weighted by Gasteiger charge is 2.21. The summed E-state index contributed by atoms with van der Waals surface area (Å²) in [5.41, 5.74) is 4.57. The lowest BCUT2D eigenvalue weighted by Crippen LogP contribution is -2.17. The number of rotatable bonds is 2. The predicted octanol–water partition coefficient (Wildman–Crippen LogP) is 3.41. The molecule has 0 fully saturated rings. The Morgan fingerprint density at radius 1 is 0.944 bits per heavy atom. The zero-order chi connectivity index (χ0) is 12.5. The molecule has 0 saturated carbocycles. The molecular formula is C16H15NO. The van der Waals surface area contributed by atoms with Crippen LogP contribution >= 0.6 is 0 Å². The molecule has 3 rings (SSSR count). The van der Waals surface area contributed by atoms with Crippen LogP contribution in [0, 0.1) is 0 Å². The lowest BCUT2D eigenvalue weighted by Gasteiger charge is -2.20. The summed E-state index contributed by atoms with van der Waals surface area (Å²) in [7, 11) is 0. The molecule has 2 aromatic rings. The number of fused-ring (bicyclic) bond motifs is 1.